The number of nitrogens with zero attached hydrogens (tertiary/aromatic N) is 1. The Labute approximate surface area is 104 Å². The maximum Gasteiger partial charge on any atom is 0.272 e. The van der Waals surface area contributed by atoms with Crippen molar-refractivity contribution in [1.82, 2.24) is 0 Å². The van der Waals surface area contributed by atoms with Crippen LogP contribution in [-0.2, 0) is 0 Å². The van der Waals surface area contributed by atoms with E-state index < -0.39 is 0 Å². The Morgan fingerprint density at radius 3 is 1.88 bits per heavy atom. The Bertz CT molecular complexity index is 349. The van der Waals surface area contributed by atoms with Gasteiger partial charge in [0.2, 0.25) is 0 Å². The lowest BCUT2D eigenvalue weighted by Gasteiger charge is -2.05. The van der Waals surface area contributed by atoms with E-state index in [4.69, 9.17) is 4.74 Å². The van der Waals surface area contributed by atoms with Gasteiger partial charge in [0.25, 0.3) is 5.69 Å². The fourth-order valence-electron chi connectivity index (χ4n) is 1.19. The first-order valence-corrected chi connectivity index (χ1v) is 5.86. The minimum absolute atomic E-state index is 0.137. The molecule has 1 aromatic carbocycles. The predicted molar refractivity (Wildman–Crippen MR) is 71.8 cm³/mol. The Morgan fingerprint density at radius 1 is 1.06 bits per heavy atom. The molecule has 0 N–H and O–H groups in total. The van der Waals surface area contributed by atoms with Gasteiger partial charge in [0.15, 0.2) is 0 Å². The van der Waals surface area contributed by atoms with Crippen molar-refractivity contribution in [2.75, 3.05) is 7.11 Å². The molecule has 4 heteroatoms. The molecule has 0 radical (unpaired) electrons. The number of nitro groups is 1. The van der Waals surface area contributed by atoms with Crippen LogP contribution in [0.5, 0.6) is 5.75 Å². The number of hydrogen-bond acceptors (Lipinski definition) is 3. The molecule has 0 aliphatic carbocycles. The third kappa shape index (κ3) is 5.33. The van der Waals surface area contributed by atoms with Crippen molar-refractivity contribution in [3.8, 4) is 5.75 Å². The van der Waals surface area contributed by atoms with Gasteiger partial charge < -0.3 is 4.74 Å². The number of methoxy groups -OCH3 is 1. The van der Waals surface area contributed by atoms with Crippen LogP contribution in [0.4, 0.5) is 5.69 Å². The van der Waals surface area contributed by atoms with Gasteiger partial charge in [0, 0.05) is 11.6 Å². The van der Waals surface area contributed by atoms with Crippen LogP contribution in [0.15, 0.2) is 12.1 Å². The number of hydrogen-bond donors (Lipinski definition) is 0. The van der Waals surface area contributed by atoms with E-state index in [1.807, 2.05) is 27.7 Å². The van der Waals surface area contributed by atoms with Gasteiger partial charge in [0.05, 0.1) is 12.0 Å². The maximum atomic E-state index is 10.5. The second-order valence-corrected chi connectivity index (χ2v) is 2.87. The molecule has 4 nitrogen and oxygen atoms in total. The van der Waals surface area contributed by atoms with E-state index in [9.17, 15) is 10.1 Å². The molecule has 1 aromatic rings. The lowest BCUT2D eigenvalue weighted by atomic mass is 10.1. The van der Waals surface area contributed by atoms with Crippen LogP contribution in [0.1, 0.15) is 38.8 Å². The molecule has 0 aliphatic heterocycles. The van der Waals surface area contributed by atoms with Crippen molar-refractivity contribution in [3.63, 3.8) is 0 Å². The largest absolute Gasteiger partial charge is 0.496 e. The van der Waals surface area contributed by atoms with Crippen molar-refractivity contribution in [3.05, 3.63) is 33.4 Å². The third-order valence-electron chi connectivity index (χ3n) is 1.91. The molecular formula is C13H23NO3. The molecule has 0 bridgehead atoms. The molecule has 0 spiro atoms. The first-order valence-electron chi connectivity index (χ1n) is 5.86. The Kier molecular flexibility index (Phi) is 10.1. The summed E-state index contributed by atoms with van der Waals surface area (Å²) in [4.78, 5) is 10.2. The molecule has 17 heavy (non-hydrogen) atoms. The van der Waals surface area contributed by atoms with Gasteiger partial charge in [-0.25, -0.2) is 0 Å². The van der Waals surface area contributed by atoms with Crippen LogP contribution < -0.4 is 4.74 Å². The van der Waals surface area contributed by atoms with Crippen molar-refractivity contribution >= 4 is 5.69 Å². The van der Waals surface area contributed by atoms with Crippen LogP contribution in [0.3, 0.4) is 0 Å². The smallest absolute Gasteiger partial charge is 0.272 e. The van der Waals surface area contributed by atoms with Crippen molar-refractivity contribution in [2.24, 2.45) is 0 Å². The molecule has 0 saturated heterocycles. The molecule has 0 aromatic heterocycles. The second kappa shape index (κ2) is 9.63. The normalized spacial score (nSPS) is 8.18. The van der Waals surface area contributed by atoms with Crippen LogP contribution >= 0.6 is 0 Å². The number of ether oxygens (including phenoxy) is 1. The highest BCUT2D eigenvalue weighted by Crippen LogP contribution is 2.26. The van der Waals surface area contributed by atoms with E-state index >= 15 is 0 Å². The summed E-state index contributed by atoms with van der Waals surface area (Å²) in [6.07, 6.45) is 0. The van der Waals surface area contributed by atoms with E-state index in [1.165, 1.54) is 6.07 Å². The van der Waals surface area contributed by atoms with E-state index in [0.29, 0.717) is 11.3 Å². The Morgan fingerprint density at radius 2 is 1.53 bits per heavy atom. The molecule has 0 atom stereocenters. The van der Waals surface area contributed by atoms with Gasteiger partial charge >= 0.3 is 0 Å². The van der Waals surface area contributed by atoms with Crippen molar-refractivity contribution < 1.29 is 9.66 Å². The van der Waals surface area contributed by atoms with Gasteiger partial charge in [-0.3, -0.25) is 10.1 Å². The highest BCUT2D eigenvalue weighted by Gasteiger charge is 2.12. The summed E-state index contributed by atoms with van der Waals surface area (Å²) in [5.41, 5.74) is 1.53. The van der Waals surface area contributed by atoms with E-state index in [-0.39, 0.29) is 10.6 Å². The Hall–Kier alpha value is -1.58. The molecule has 98 valence electrons. The van der Waals surface area contributed by atoms with Gasteiger partial charge in [-0.1, -0.05) is 27.7 Å². The molecule has 0 heterocycles. The lowest BCUT2D eigenvalue weighted by Crippen LogP contribution is -1.95. The first kappa shape index (κ1) is 17.8. The SMILES string of the molecule is CC.CC.COc1cc(C)c([N+](=O)[O-])cc1C. The molecule has 0 fully saturated rings. The zero-order valence-electron chi connectivity index (χ0n) is 11.8. The molecular weight excluding hydrogens is 218 g/mol. The standard InChI is InChI=1S/C9H11NO3.2C2H6/c1-6-5-9(13-3)7(2)4-8(6)10(11)12;2*1-2/h4-5H,1-3H3;2*1-2H3. The van der Waals surface area contributed by atoms with Crippen molar-refractivity contribution in [1.29, 1.82) is 0 Å². The van der Waals surface area contributed by atoms with E-state index in [1.54, 1.807) is 27.0 Å². The average molecular weight is 241 g/mol. The highest BCUT2D eigenvalue weighted by atomic mass is 16.6. The summed E-state index contributed by atoms with van der Waals surface area (Å²) in [5, 5.41) is 10.5. The average Bonchev–Trinajstić information content (AvgIpc) is 2.36. The van der Waals surface area contributed by atoms with Gasteiger partial charge in [-0.15, -0.1) is 0 Å². The van der Waals surface area contributed by atoms with Gasteiger partial charge in [0.1, 0.15) is 5.75 Å². The quantitative estimate of drug-likeness (QED) is 0.573. The molecule has 0 unspecified atom stereocenters. The molecule has 1 rings (SSSR count). The minimum Gasteiger partial charge on any atom is -0.496 e. The predicted octanol–water partition coefficient (Wildman–Crippen LogP) is 4.27. The summed E-state index contributed by atoms with van der Waals surface area (Å²) in [6.45, 7) is 11.5. The number of rotatable bonds is 2. The van der Waals surface area contributed by atoms with Gasteiger partial charge in [-0.05, 0) is 25.5 Å². The second-order valence-electron chi connectivity index (χ2n) is 2.87. The number of nitro benzene ring substituents is 1. The van der Waals surface area contributed by atoms with Crippen LogP contribution in [0, 0.1) is 24.0 Å². The summed E-state index contributed by atoms with van der Waals surface area (Å²) in [7, 11) is 1.55. The van der Waals surface area contributed by atoms with Crippen LogP contribution in [-0.4, -0.2) is 12.0 Å². The number of aryl methyl sites for hydroxylation is 2. The third-order valence-corrected chi connectivity index (χ3v) is 1.91. The summed E-state index contributed by atoms with van der Waals surface area (Å²) < 4.78 is 5.04. The zero-order valence-corrected chi connectivity index (χ0v) is 11.8. The first-order chi connectivity index (χ1) is 8.06. The minimum atomic E-state index is -0.387. The zero-order chi connectivity index (χ0) is 14.0. The van der Waals surface area contributed by atoms with Crippen molar-refractivity contribution in [2.45, 2.75) is 41.5 Å². The highest BCUT2D eigenvalue weighted by molar-refractivity contribution is 5.49. The van der Waals surface area contributed by atoms with E-state index in [0.717, 1.165) is 5.56 Å². The lowest BCUT2D eigenvalue weighted by molar-refractivity contribution is -0.385. The topological polar surface area (TPSA) is 52.4 Å². The molecule has 0 saturated carbocycles. The summed E-state index contributed by atoms with van der Waals surface area (Å²) >= 11 is 0. The molecule has 0 aliphatic rings. The van der Waals surface area contributed by atoms with Gasteiger partial charge in [-0.2, -0.15) is 0 Å². The number of benzene rings is 1. The summed E-state index contributed by atoms with van der Waals surface area (Å²) in [6, 6.07) is 3.20. The fraction of sp³-hybridized carbons (Fsp3) is 0.538. The van der Waals surface area contributed by atoms with Crippen LogP contribution in [0.2, 0.25) is 0 Å². The van der Waals surface area contributed by atoms with Crippen LogP contribution in [0.25, 0.3) is 0 Å². The fourth-order valence-corrected chi connectivity index (χ4v) is 1.19. The maximum absolute atomic E-state index is 10.5. The molecule has 0 amide bonds. The summed E-state index contributed by atoms with van der Waals surface area (Å²) in [5.74, 6) is 0.683. The van der Waals surface area contributed by atoms with E-state index in [2.05, 4.69) is 0 Å². The Balaban J connectivity index is 0. The monoisotopic (exact) mass is 241 g/mol.